The third-order valence-corrected chi connectivity index (χ3v) is 4.80. The molecule has 1 N–H and O–H groups in total. The number of fused-ring (bicyclic) bond motifs is 3. The van der Waals surface area contributed by atoms with Crippen LogP contribution in [0.15, 0.2) is 71.2 Å². The Morgan fingerprint density at radius 1 is 0.739 bits per heavy atom. The highest BCUT2D eigenvalue weighted by molar-refractivity contribution is 9.10. The van der Waals surface area contributed by atoms with E-state index in [-0.39, 0.29) is 5.75 Å². The minimum atomic E-state index is 0.262. The summed E-state index contributed by atoms with van der Waals surface area (Å²) in [4.78, 5) is 0. The van der Waals surface area contributed by atoms with Crippen LogP contribution in [0.5, 0.6) is 5.75 Å². The van der Waals surface area contributed by atoms with Crippen LogP contribution in [0.1, 0.15) is 0 Å². The lowest BCUT2D eigenvalue weighted by Gasteiger charge is -2.12. The molecule has 4 aromatic carbocycles. The molecule has 112 valence electrons. The van der Waals surface area contributed by atoms with Crippen molar-refractivity contribution in [3.63, 3.8) is 0 Å². The summed E-state index contributed by atoms with van der Waals surface area (Å²) in [7, 11) is 0. The number of halogens is 2. The average Bonchev–Trinajstić information content (AvgIpc) is 2.55. The van der Waals surface area contributed by atoms with Gasteiger partial charge in [-0.1, -0.05) is 57.9 Å². The normalized spacial score (nSPS) is 11.2. The molecule has 0 saturated carbocycles. The lowest BCUT2D eigenvalue weighted by molar-refractivity contribution is 0.477. The first kappa shape index (κ1) is 14.6. The van der Waals surface area contributed by atoms with Gasteiger partial charge >= 0.3 is 0 Å². The van der Waals surface area contributed by atoms with E-state index in [1.807, 2.05) is 42.5 Å². The van der Waals surface area contributed by atoms with Gasteiger partial charge in [0.25, 0.3) is 0 Å². The fraction of sp³-hybridized carbons (Fsp3) is 0. The molecule has 3 heteroatoms. The molecular weight excluding hydrogens is 372 g/mol. The third-order valence-electron chi connectivity index (χ3n) is 4.07. The molecule has 0 aliphatic rings. The van der Waals surface area contributed by atoms with Crippen LogP contribution in [-0.2, 0) is 0 Å². The zero-order valence-corrected chi connectivity index (χ0v) is 14.4. The number of hydrogen-bond acceptors (Lipinski definition) is 1. The van der Waals surface area contributed by atoms with Gasteiger partial charge < -0.3 is 5.11 Å². The van der Waals surface area contributed by atoms with Crippen LogP contribution in [0.4, 0.5) is 0 Å². The summed E-state index contributed by atoms with van der Waals surface area (Å²) in [6, 6.07) is 21.8. The van der Waals surface area contributed by atoms with Crippen LogP contribution in [0, 0.1) is 0 Å². The number of benzene rings is 4. The highest BCUT2D eigenvalue weighted by atomic mass is 79.9. The molecule has 0 aliphatic heterocycles. The largest absolute Gasteiger partial charge is 0.507 e. The molecule has 0 unspecified atom stereocenters. The van der Waals surface area contributed by atoms with Gasteiger partial charge in [-0.3, -0.25) is 0 Å². The van der Waals surface area contributed by atoms with Crippen LogP contribution >= 0.6 is 27.5 Å². The van der Waals surface area contributed by atoms with Crippen molar-refractivity contribution in [2.45, 2.75) is 0 Å². The van der Waals surface area contributed by atoms with Gasteiger partial charge in [0.15, 0.2) is 0 Å². The molecule has 4 rings (SSSR count). The highest BCUT2D eigenvalue weighted by Gasteiger charge is 2.12. The lowest BCUT2D eigenvalue weighted by atomic mass is 9.93. The molecular formula is C20H12BrClO. The second-order valence-electron chi connectivity index (χ2n) is 5.50. The summed E-state index contributed by atoms with van der Waals surface area (Å²) in [6.45, 7) is 0. The van der Waals surface area contributed by atoms with Crippen LogP contribution in [0.3, 0.4) is 0 Å². The number of aromatic hydroxyl groups is 1. The first-order valence-corrected chi connectivity index (χ1v) is 8.40. The molecule has 0 amide bonds. The number of phenolic OH excluding ortho intramolecular Hbond substituents is 1. The summed E-state index contributed by atoms with van der Waals surface area (Å²) < 4.78 is 0.857. The predicted octanol–water partition coefficient (Wildman–Crippen LogP) is 6.78. The van der Waals surface area contributed by atoms with Gasteiger partial charge in [0.1, 0.15) is 5.75 Å². The van der Waals surface area contributed by atoms with E-state index in [2.05, 4.69) is 34.1 Å². The van der Waals surface area contributed by atoms with E-state index in [4.69, 9.17) is 11.6 Å². The van der Waals surface area contributed by atoms with E-state index < -0.39 is 0 Å². The van der Waals surface area contributed by atoms with E-state index in [9.17, 15) is 5.11 Å². The van der Waals surface area contributed by atoms with Gasteiger partial charge in [-0.2, -0.15) is 0 Å². The summed E-state index contributed by atoms with van der Waals surface area (Å²) in [5.41, 5.74) is 1.83. The van der Waals surface area contributed by atoms with Crippen LogP contribution in [-0.4, -0.2) is 5.11 Å². The lowest BCUT2D eigenvalue weighted by Crippen LogP contribution is -1.85. The topological polar surface area (TPSA) is 20.2 Å². The average molecular weight is 384 g/mol. The van der Waals surface area contributed by atoms with Crippen molar-refractivity contribution < 1.29 is 5.11 Å². The van der Waals surface area contributed by atoms with Crippen LogP contribution in [0.25, 0.3) is 32.7 Å². The van der Waals surface area contributed by atoms with Gasteiger partial charge in [0.2, 0.25) is 0 Å². The Balaban J connectivity index is 2.15. The molecule has 0 spiro atoms. The van der Waals surface area contributed by atoms with E-state index in [1.165, 1.54) is 0 Å². The molecule has 0 saturated heterocycles. The first-order chi connectivity index (χ1) is 11.1. The van der Waals surface area contributed by atoms with Crippen molar-refractivity contribution in [3.05, 3.63) is 76.2 Å². The van der Waals surface area contributed by atoms with Crippen molar-refractivity contribution >= 4 is 49.1 Å². The Morgan fingerprint density at radius 3 is 2.30 bits per heavy atom. The summed E-state index contributed by atoms with van der Waals surface area (Å²) in [5, 5.41) is 15.5. The molecule has 0 fully saturated rings. The van der Waals surface area contributed by atoms with E-state index in [0.29, 0.717) is 0 Å². The summed E-state index contributed by atoms with van der Waals surface area (Å²) in [5.74, 6) is 0.262. The Bertz CT molecular complexity index is 1060. The quantitative estimate of drug-likeness (QED) is 0.359. The van der Waals surface area contributed by atoms with Crippen molar-refractivity contribution in [2.75, 3.05) is 0 Å². The smallest absolute Gasteiger partial charge is 0.124 e. The van der Waals surface area contributed by atoms with Crippen molar-refractivity contribution in [1.29, 1.82) is 0 Å². The maximum absolute atomic E-state index is 10.4. The summed E-state index contributed by atoms with van der Waals surface area (Å²) in [6.07, 6.45) is 0. The second-order valence-corrected chi connectivity index (χ2v) is 6.85. The molecule has 0 heterocycles. The monoisotopic (exact) mass is 382 g/mol. The van der Waals surface area contributed by atoms with Gasteiger partial charge in [-0.15, -0.1) is 0 Å². The fourth-order valence-corrected chi connectivity index (χ4v) is 3.55. The maximum atomic E-state index is 10.4. The van der Waals surface area contributed by atoms with Crippen LogP contribution < -0.4 is 0 Å². The zero-order valence-electron chi connectivity index (χ0n) is 12.1. The minimum Gasteiger partial charge on any atom is -0.507 e. The van der Waals surface area contributed by atoms with Gasteiger partial charge in [0.05, 0.1) is 0 Å². The maximum Gasteiger partial charge on any atom is 0.124 e. The molecule has 4 aromatic rings. The number of rotatable bonds is 1. The molecule has 0 aliphatic carbocycles. The predicted molar refractivity (Wildman–Crippen MR) is 101 cm³/mol. The SMILES string of the molecule is Oc1cc(Br)ccc1-c1cc2ccc(Cl)cc2c2ccccc12. The Labute approximate surface area is 147 Å². The first-order valence-electron chi connectivity index (χ1n) is 7.23. The van der Waals surface area contributed by atoms with Crippen LogP contribution in [0.2, 0.25) is 5.02 Å². The van der Waals surface area contributed by atoms with Gasteiger partial charge in [-0.25, -0.2) is 0 Å². The second kappa shape index (κ2) is 5.55. The molecule has 0 radical (unpaired) electrons. The van der Waals surface area contributed by atoms with Crippen molar-refractivity contribution in [1.82, 2.24) is 0 Å². The minimum absolute atomic E-state index is 0.262. The summed E-state index contributed by atoms with van der Waals surface area (Å²) >= 11 is 9.56. The zero-order chi connectivity index (χ0) is 16.0. The molecule has 0 aromatic heterocycles. The molecule has 0 bridgehead atoms. The Kier molecular flexibility index (Phi) is 3.51. The molecule has 1 nitrogen and oxygen atoms in total. The van der Waals surface area contributed by atoms with Gasteiger partial charge in [-0.05, 0) is 63.5 Å². The van der Waals surface area contributed by atoms with E-state index in [0.717, 1.165) is 42.2 Å². The van der Waals surface area contributed by atoms with Crippen molar-refractivity contribution in [3.8, 4) is 16.9 Å². The highest BCUT2D eigenvalue weighted by Crippen LogP contribution is 2.39. The van der Waals surface area contributed by atoms with Crippen molar-refractivity contribution in [2.24, 2.45) is 0 Å². The standard InChI is InChI=1S/C20H12BrClO/c21-13-6-8-17(20(23)10-13)19-9-12-5-7-14(22)11-18(12)15-3-1-2-4-16(15)19/h1-11,23H. The fourth-order valence-electron chi connectivity index (χ4n) is 3.03. The van der Waals surface area contributed by atoms with E-state index >= 15 is 0 Å². The third kappa shape index (κ3) is 2.48. The van der Waals surface area contributed by atoms with E-state index in [1.54, 1.807) is 6.07 Å². The Morgan fingerprint density at radius 2 is 1.52 bits per heavy atom. The molecule has 0 atom stereocenters. The Hall–Kier alpha value is -2.03. The van der Waals surface area contributed by atoms with Gasteiger partial charge in [0, 0.05) is 15.1 Å². The molecule has 23 heavy (non-hydrogen) atoms. The number of phenols is 1. The number of hydrogen-bond donors (Lipinski definition) is 1.